The second-order valence-electron chi connectivity index (χ2n) is 6.62. The molecule has 0 aliphatic heterocycles. The molecule has 0 spiro atoms. The van der Waals surface area contributed by atoms with Gasteiger partial charge in [-0.2, -0.15) is 0 Å². The number of aliphatic hydroxyl groups excluding tert-OH is 1. The first kappa shape index (κ1) is 16.7. The van der Waals surface area contributed by atoms with Crippen molar-refractivity contribution < 1.29 is 9.90 Å². The van der Waals surface area contributed by atoms with Crippen LogP contribution >= 0.6 is 0 Å². The van der Waals surface area contributed by atoms with Crippen molar-refractivity contribution in [2.45, 2.75) is 37.7 Å². The Morgan fingerprint density at radius 1 is 1.00 bits per heavy atom. The van der Waals surface area contributed by atoms with Gasteiger partial charge >= 0.3 is 0 Å². The normalized spacial score (nSPS) is 15.2. The third-order valence-electron chi connectivity index (χ3n) is 4.72. The number of carbonyl (C=O) groups is 1. The maximum Gasteiger partial charge on any atom is 0.220 e. The molecule has 1 amide bonds. The summed E-state index contributed by atoms with van der Waals surface area (Å²) in [4.78, 5) is 12.4. The Labute approximate surface area is 143 Å². The van der Waals surface area contributed by atoms with Crippen LogP contribution in [0.25, 0.3) is 0 Å². The van der Waals surface area contributed by atoms with Crippen LogP contribution in [0.15, 0.2) is 60.7 Å². The summed E-state index contributed by atoms with van der Waals surface area (Å²) in [5.41, 5.74) is 2.30. The zero-order valence-electron chi connectivity index (χ0n) is 13.9. The van der Waals surface area contributed by atoms with Crippen molar-refractivity contribution in [3.8, 4) is 0 Å². The molecule has 1 aliphatic rings. The van der Waals surface area contributed by atoms with E-state index in [9.17, 15) is 9.90 Å². The van der Waals surface area contributed by atoms with Crippen LogP contribution in [0.1, 0.15) is 42.7 Å². The van der Waals surface area contributed by atoms with Gasteiger partial charge in [0.25, 0.3) is 0 Å². The Hall–Kier alpha value is -2.13. The minimum Gasteiger partial charge on any atom is -0.393 e. The van der Waals surface area contributed by atoms with E-state index in [4.69, 9.17) is 0 Å². The van der Waals surface area contributed by atoms with Gasteiger partial charge in [-0.05, 0) is 36.3 Å². The number of nitrogens with one attached hydrogen (secondary N) is 1. The van der Waals surface area contributed by atoms with Crippen LogP contribution in [-0.4, -0.2) is 23.7 Å². The number of aliphatic hydroxyl groups is 1. The minimum atomic E-state index is -0.260. The molecule has 2 N–H and O–H groups in total. The average molecular weight is 323 g/mol. The van der Waals surface area contributed by atoms with Crippen LogP contribution in [0.3, 0.4) is 0 Å². The number of carbonyl (C=O) groups excluding carboxylic acids is 1. The average Bonchev–Trinajstić information content (AvgIpc) is 3.46. The fourth-order valence-corrected chi connectivity index (χ4v) is 3.13. The van der Waals surface area contributed by atoms with Gasteiger partial charge in [0.2, 0.25) is 5.91 Å². The van der Waals surface area contributed by atoms with Crippen LogP contribution < -0.4 is 5.32 Å². The van der Waals surface area contributed by atoms with Crippen molar-refractivity contribution in [1.29, 1.82) is 0 Å². The summed E-state index contributed by atoms with van der Waals surface area (Å²) in [5, 5.41) is 12.9. The summed E-state index contributed by atoms with van der Waals surface area (Å²) in [6.07, 6.45) is 3.06. The van der Waals surface area contributed by atoms with Crippen LogP contribution in [0.5, 0.6) is 0 Å². The predicted octanol–water partition coefficient (Wildman–Crippen LogP) is 3.49. The standard InChI is InChI=1S/C21H25NO2/c23-20(18-11-12-18)13-14-22-21(24)15-19(16-7-3-1-4-8-16)17-9-5-2-6-10-17/h1-10,18-20,23H,11-15H2,(H,22,24)/t20-/m0/s1. The molecule has 0 unspecified atom stereocenters. The van der Waals surface area contributed by atoms with Gasteiger partial charge in [0.15, 0.2) is 0 Å². The lowest BCUT2D eigenvalue weighted by Gasteiger charge is -2.18. The number of rotatable bonds is 8. The largest absolute Gasteiger partial charge is 0.393 e. The first-order valence-corrected chi connectivity index (χ1v) is 8.78. The molecule has 24 heavy (non-hydrogen) atoms. The molecular formula is C21H25NO2. The summed E-state index contributed by atoms with van der Waals surface area (Å²) >= 11 is 0. The Bertz CT molecular complexity index is 598. The molecule has 0 radical (unpaired) electrons. The van der Waals surface area contributed by atoms with Crippen LogP contribution in [-0.2, 0) is 4.79 Å². The predicted molar refractivity (Wildman–Crippen MR) is 95.7 cm³/mol. The van der Waals surface area contributed by atoms with Gasteiger partial charge in [-0.15, -0.1) is 0 Å². The van der Waals surface area contributed by atoms with Crippen molar-refractivity contribution in [2.24, 2.45) is 5.92 Å². The smallest absolute Gasteiger partial charge is 0.220 e. The van der Waals surface area contributed by atoms with Crippen molar-refractivity contribution in [3.05, 3.63) is 71.8 Å². The van der Waals surface area contributed by atoms with Gasteiger partial charge in [0, 0.05) is 18.9 Å². The van der Waals surface area contributed by atoms with E-state index in [2.05, 4.69) is 29.6 Å². The van der Waals surface area contributed by atoms with Gasteiger partial charge < -0.3 is 10.4 Å². The first-order valence-electron chi connectivity index (χ1n) is 8.78. The highest BCUT2D eigenvalue weighted by atomic mass is 16.3. The molecule has 0 heterocycles. The van der Waals surface area contributed by atoms with Gasteiger partial charge in [-0.25, -0.2) is 0 Å². The number of hydrogen-bond acceptors (Lipinski definition) is 2. The second kappa shape index (κ2) is 8.11. The fourth-order valence-electron chi connectivity index (χ4n) is 3.13. The number of hydrogen-bond donors (Lipinski definition) is 2. The van der Waals surface area contributed by atoms with E-state index in [0.29, 0.717) is 25.3 Å². The molecule has 3 nitrogen and oxygen atoms in total. The van der Waals surface area contributed by atoms with Crippen molar-refractivity contribution in [3.63, 3.8) is 0 Å². The molecule has 1 atom stereocenters. The van der Waals surface area contributed by atoms with E-state index in [1.807, 2.05) is 36.4 Å². The molecule has 3 heteroatoms. The Morgan fingerprint density at radius 2 is 1.54 bits per heavy atom. The highest BCUT2D eigenvalue weighted by Crippen LogP contribution is 2.33. The van der Waals surface area contributed by atoms with Gasteiger partial charge in [-0.1, -0.05) is 60.7 Å². The lowest BCUT2D eigenvalue weighted by molar-refractivity contribution is -0.121. The molecule has 1 fully saturated rings. The zero-order chi connectivity index (χ0) is 16.8. The van der Waals surface area contributed by atoms with E-state index in [-0.39, 0.29) is 17.9 Å². The van der Waals surface area contributed by atoms with Gasteiger partial charge in [0.05, 0.1) is 6.10 Å². The molecule has 126 valence electrons. The molecule has 0 bridgehead atoms. The van der Waals surface area contributed by atoms with E-state index in [1.54, 1.807) is 0 Å². The van der Waals surface area contributed by atoms with Crippen LogP contribution in [0.2, 0.25) is 0 Å². The monoisotopic (exact) mass is 323 g/mol. The van der Waals surface area contributed by atoms with Gasteiger partial charge in [0.1, 0.15) is 0 Å². The van der Waals surface area contributed by atoms with Crippen molar-refractivity contribution >= 4 is 5.91 Å². The maximum atomic E-state index is 12.4. The number of amides is 1. The highest BCUT2D eigenvalue weighted by Gasteiger charge is 2.29. The summed E-state index contributed by atoms with van der Waals surface area (Å²) in [5.74, 6) is 0.555. The summed E-state index contributed by atoms with van der Waals surface area (Å²) in [6, 6.07) is 20.3. The fraction of sp³-hybridized carbons (Fsp3) is 0.381. The molecule has 2 aromatic carbocycles. The molecule has 1 saturated carbocycles. The molecule has 0 aromatic heterocycles. The Kier molecular flexibility index (Phi) is 5.65. The van der Waals surface area contributed by atoms with Crippen molar-refractivity contribution in [2.75, 3.05) is 6.54 Å². The third kappa shape index (κ3) is 4.68. The lowest BCUT2D eigenvalue weighted by atomic mass is 9.88. The van der Waals surface area contributed by atoms with E-state index in [0.717, 1.165) is 24.0 Å². The molecule has 1 aliphatic carbocycles. The van der Waals surface area contributed by atoms with Gasteiger partial charge in [-0.3, -0.25) is 4.79 Å². The lowest BCUT2D eigenvalue weighted by Crippen LogP contribution is -2.29. The first-order chi connectivity index (χ1) is 11.7. The van der Waals surface area contributed by atoms with Crippen molar-refractivity contribution in [1.82, 2.24) is 5.32 Å². The van der Waals surface area contributed by atoms with E-state index < -0.39 is 0 Å². The molecule has 2 aromatic rings. The number of benzene rings is 2. The van der Waals surface area contributed by atoms with E-state index >= 15 is 0 Å². The summed E-state index contributed by atoms with van der Waals surface area (Å²) in [6.45, 7) is 0.548. The van der Waals surface area contributed by atoms with E-state index in [1.165, 1.54) is 0 Å². The van der Waals surface area contributed by atoms with Crippen LogP contribution in [0.4, 0.5) is 0 Å². The molecular weight excluding hydrogens is 298 g/mol. The summed E-state index contributed by atoms with van der Waals surface area (Å²) in [7, 11) is 0. The Balaban J connectivity index is 1.60. The third-order valence-corrected chi connectivity index (χ3v) is 4.72. The Morgan fingerprint density at radius 3 is 2.04 bits per heavy atom. The van der Waals surface area contributed by atoms with Crippen LogP contribution in [0, 0.1) is 5.92 Å². The molecule has 3 rings (SSSR count). The zero-order valence-corrected chi connectivity index (χ0v) is 13.9. The SMILES string of the molecule is O=C(CC(c1ccccc1)c1ccccc1)NCC[C@H](O)C1CC1. The molecule has 0 saturated heterocycles. The topological polar surface area (TPSA) is 49.3 Å². The highest BCUT2D eigenvalue weighted by molar-refractivity contribution is 5.77. The quantitative estimate of drug-likeness (QED) is 0.781. The minimum absolute atomic E-state index is 0.0377. The maximum absolute atomic E-state index is 12.4. The second-order valence-corrected chi connectivity index (χ2v) is 6.62. The summed E-state index contributed by atoms with van der Waals surface area (Å²) < 4.78 is 0.